The van der Waals surface area contributed by atoms with E-state index in [0.29, 0.717) is 37.1 Å². The summed E-state index contributed by atoms with van der Waals surface area (Å²) < 4.78 is 0. The molecule has 2 aromatic heterocycles. The van der Waals surface area contributed by atoms with Crippen molar-refractivity contribution in [1.82, 2.24) is 20.2 Å². The zero-order valence-electron chi connectivity index (χ0n) is 21.8. The van der Waals surface area contributed by atoms with E-state index < -0.39 is 11.4 Å². The van der Waals surface area contributed by atoms with Gasteiger partial charge in [0.2, 0.25) is 0 Å². The summed E-state index contributed by atoms with van der Waals surface area (Å²) in [5.41, 5.74) is 13.7. The van der Waals surface area contributed by atoms with Gasteiger partial charge in [-0.05, 0) is 54.8 Å². The molecule has 1 fully saturated rings. The summed E-state index contributed by atoms with van der Waals surface area (Å²) in [6.07, 6.45) is 3.21. The van der Waals surface area contributed by atoms with Gasteiger partial charge in [-0.2, -0.15) is 0 Å². The van der Waals surface area contributed by atoms with Crippen molar-refractivity contribution in [3.05, 3.63) is 100 Å². The summed E-state index contributed by atoms with van der Waals surface area (Å²) in [4.78, 5) is 35.7. The molecule has 0 radical (unpaired) electrons. The van der Waals surface area contributed by atoms with Crippen molar-refractivity contribution >= 4 is 11.9 Å². The van der Waals surface area contributed by atoms with E-state index >= 15 is 0 Å². The summed E-state index contributed by atoms with van der Waals surface area (Å²) in [5, 5.41) is 13.2. The minimum atomic E-state index is -0.920. The van der Waals surface area contributed by atoms with Crippen molar-refractivity contribution in [1.29, 1.82) is 0 Å². The molecule has 198 valence electrons. The minimum Gasteiger partial charge on any atom is -0.478 e. The molecular weight excluding hydrogens is 490 g/mol. The number of amides is 1. The predicted molar refractivity (Wildman–Crippen MR) is 150 cm³/mol. The van der Waals surface area contributed by atoms with Crippen LogP contribution >= 0.6 is 0 Å². The van der Waals surface area contributed by atoms with Gasteiger partial charge >= 0.3 is 5.97 Å². The molecule has 0 unspecified atom stereocenters. The average Bonchev–Trinajstić information content (AvgIpc) is 3.35. The largest absolute Gasteiger partial charge is 0.478 e. The van der Waals surface area contributed by atoms with Crippen LogP contribution in [0.15, 0.2) is 66.9 Å². The second-order valence-electron chi connectivity index (χ2n) is 10.7. The lowest BCUT2D eigenvalue weighted by Gasteiger charge is -2.48. The van der Waals surface area contributed by atoms with Crippen molar-refractivity contribution in [2.24, 2.45) is 5.73 Å². The molecule has 1 aliphatic carbocycles. The number of nitrogens with one attached hydrogen (secondary N) is 2. The van der Waals surface area contributed by atoms with Crippen LogP contribution in [0, 0.1) is 0 Å². The number of H-pyrrole nitrogens is 1. The van der Waals surface area contributed by atoms with E-state index in [1.54, 1.807) is 6.07 Å². The topological polar surface area (TPSA) is 124 Å². The summed E-state index contributed by atoms with van der Waals surface area (Å²) in [6, 6.07) is 19.2. The molecule has 39 heavy (non-hydrogen) atoms. The van der Waals surface area contributed by atoms with Gasteiger partial charge in [0, 0.05) is 60.2 Å². The summed E-state index contributed by atoms with van der Waals surface area (Å²) in [6.45, 7) is 2.27. The van der Waals surface area contributed by atoms with Gasteiger partial charge in [0.05, 0.1) is 17.0 Å². The number of nitrogens with zero attached hydrogens (tertiary/aromatic N) is 2. The Morgan fingerprint density at radius 2 is 1.90 bits per heavy atom. The lowest BCUT2D eigenvalue weighted by atomic mass is 9.75. The van der Waals surface area contributed by atoms with Crippen molar-refractivity contribution in [3.8, 4) is 22.5 Å². The molecule has 0 atom stereocenters. The van der Waals surface area contributed by atoms with Gasteiger partial charge < -0.3 is 26.0 Å². The second-order valence-corrected chi connectivity index (χ2v) is 10.7. The predicted octanol–water partition coefficient (Wildman–Crippen LogP) is 3.61. The number of aromatic nitrogens is 2. The Balaban J connectivity index is 1.34. The highest BCUT2D eigenvalue weighted by molar-refractivity contribution is 5.96. The van der Waals surface area contributed by atoms with E-state index in [0.717, 1.165) is 58.0 Å². The first-order valence-electron chi connectivity index (χ1n) is 13.2. The molecule has 5 N–H and O–H groups in total. The third-order valence-corrected chi connectivity index (χ3v) is 8.00. The Morgan fingerprint density at radius 3 is 2.62 bits per heavy atom. The number of benzene rings is 2. The number of hydrogen-bond acceptors (Lipinski definition) is 5. The maximum Gasteiger partial charge on any atom is 0.337 e. The first-order valence-corrected chi connectivity index (χ1v) is 13.2. The van der Waals surface area contributed by atoms with Crippen LogP contribution < -0.4 is 11.1 Å². The summed E-state index contributed by atoms with van der Waals surface area (Å²) in [5.74, 6) is -1.07. The molecule has 1 aliphatic heterocycles. The molecule has 1 amide bonds. The van der Waals surface area contributed by atoms with E-state index in [2.05, 4.69) is 15.2 Å². The van der Waals surface area contributed by atoms with Crippen molar-refractivity contribution in [2.45, 2.75) is 24.8 Å². The first-order chi connectivity index (χ1) is 18.9. The van der Waals surface area contributed by atoms with E-state index in [4.69, 9.17) is 10.7 Å². The molecule has 6 rings (SSSR count). The molecule has 2 aromatic carbocycles. The Hall–Kier alpha value is -4.27. The van der Waals surface area contributed by atoms with E-state index in [1.807, 2.05) is 67.8 Å². The van der Waals surface area contributed by atoms with Crippen LogP contribution in [-0.4, -0.2) is 58.5 Å². The molecular formula is C31H31N5O3. The van der Waals surface area contributed by atoms with E-state index in [-0.39, 0.29) is 5.91 Å². The van der Waals surface area contributed by atoms with Gasteiger partial charge in [-0.1, -0.05) is 42.5 Å². The molecule has 4 aromatic rings. The van der Waals surface area contributed by atoms with Gasteiger partial charge in [-0.3, -0.25) is 9.78 Å². The van der Waals surface area contributed by atoms with Crippen LogP contribution in [0.4, 0.5) is 0 Å². The van der Waals surface area contributed by atoms with Crippen LogP contribution in [0.1, 0.15) is 43.1 Å². The SMILES string of the molecule is CN1CC(CN)(c2[nH]c3c(c2C(=O)O)CCc2cnc(-c4cccc(C(=O)NCc5ccccc5)c4)cc2-3)C1. The van der Waals surface area contributed by atoms with Gasteiger partial charge in [0.25, 0.3) is 5.91 Å². The number of aromatic amines is 1. The fraction of sp³-hybridized carbons (Fsp3) is 0.258. The normalized spacial score (nSPS) is 15.6. The number of aromatic carboxylic acids is 1. The number of carboxylic acid groups (broad SMARTS) is 1. The highest BCUT2D eigenvalue weighted by atomic mass is 16.4. The Bertz CT molecular complexity index is 1570. The number of fused-ring (bicyclic) bond motifs is 3. The monoisotopic (exact) mass is 521 g/mol. The number of pyridine rings is 1. The first kappa shape index (κ1) is 25.0. The van der Waals surface area contributed by atoms with E-state index in [1.165, 1.54) is 0 Å². The molecule has 0 spiro atoms. The number of carboxylic acids is 1. The summed E-state index contributed by atoms with van der Waals surface area (Å²) >= 11 is 0. The molecule has 8 nitrogen and oxygen atoms in total. The number of likely N-dealkylation sites (tertiary alicyclic amines) is 1. The van der Waals surface area contributed by atoms with E-state index in [9.17, 15) is 14.7 Å². The van der Waals surface area contributed by atoms with Crippen molar-refractivity contribution < 1.29 is 14.7 Å². The smallest absolute Gasteiger partial charge is 0.337 e. The maximum absolute atomic E-state index is 12.9. The van der Waals surface area contributed by atoms with Gasteiger partial charge in [-0.15, -0.1) is 0 Å². The number of nitrogens with two attached hydrogens (primary N) is 1. The Morgan fingerprint density at radius 1 is 1.10 bits per heavy atom. The minimum absolute atomic E-state index is 0.154. The number of rotatable bonds is 7. The van der Waals surface area contributed by atoms with Crippen molar-refractivity contribution in [3.63, 3.8) is 0 Å². The fourth-order valence-electron chi connectivity index (χ4n) is 6.06. The van der Waals surface area contributed by atoms with Crippen LogP contribution in [0.25, 0.3) is 22.5 Å². The van der Waals surface area contributed by atoms with Crippen LogP contribution in [0.5, 0.6) is 0 Å². The standard InChI is InChI=1S/C31H31N5O3/c1-36-17-31(16-32,18-36)28-26(30(38)39)23-11-10-22-15-33-25(13-24(22)27(23)35-28)20-8-5-9-21(12-20)29(37)34-14-19-6-3-2-4-7-19/h2-9,12-13,15,35H,10-11,14,16-18,32H2,1H3,(H,34,37)(H,38,39). The fourth-order valence-corrected chi connectivity index (χ4v) is 6.06. The molecule has 8 heteroatoms. The third kappa shape index (κ3) is 4.41. The van der Waals surface area contributed by atoms with Crippen LogP contribution in [0.3, 0.4) is 0 Å². The Kier molecular flexibility index (Phi) is 6.29. The van der Waals surface area contributed by atoms with Gasteiger partial charge in [0.15, 0.2) is 0 Å². The number of carbonyl (C=O) groups excluding carboxylic acids is 1. The number of hydrogen-bond donors (Lipinski definition) is 4. The number of likely N-dealkylation sites (N-methyl/N-ethyl adjacent to an activating group) is 1. The van der Waals surface area contributed by atoms with Crippen molar-refractivity contribution in [2.75, 3.05) is 26.7 Å². The van der Waals surface area contributed by atoms with Crippen LogP contribution in [-0.2, 0) is 24.8 Å². The molecule has 3 heterocycles. The number of aryl methyl sites for hydroxylation is 1. The van der Waals surface area contributed by atoms with Gasteiger partial charge in [-0.25, -0.2) is 4.79 Å². The number of carbonyl (C=O) groups is 2. The van der Waals surface area contributed by atoms with Crippen LogP contribution in [0.2, 0.25) is 0 Å². The molecule has 0 saturated carbocycles. The Labute approximate surface area is 226 Å². The third-order valence-electron chi connectivity index (χ3n) is 8.00. The zero-order valence-corrected chi connectivity index (χ0v) is 21.8. The zero-order chi connectivity index (χ0) is 27.1. The maximum atomic E-state index is 12.9. The highest BCUT2D eigenvalue weighted by Gasteiger charge is 2.46. The molecule has 1 saturated heterocycles. The molecule has 0 bridgehead atoms. The lowest BCUT2D eigenvalue weighted by Crippen LogP contribution is -2.61. The second kappa shape index (κ2) is 9.80. The average molecular weight is 522 g/mol. The lowest BCUT2D eigenvalue weighted by molar-refractivity contribution is 0.0672. The highest BCUT2D eigenvalue weighted by Crippen LogP contribution is 2.43. The summed E-state index contributed by atoms with van der Waals surface area (Å²) in [7, 11) is 2.01. The molecule has 2 aliphatic rings. The van der Waals surface area contributed by atoms with Gasteiger partial charge in [0.1, 0.15) is 0 Å². The quantitative estimate of drug-likeness (QED) is 0.295.